The van der Waals surface area contributed by atoms with Gasteiger partial charge in [0.2, 0.25) is 0 Å². The average Bonchev–Trinajstić information content (AvgIpc) is 2.37. The molecule has 0 radical (unpaired) electrons. The summed E-state index contributed by atoms with van der Waals surface area (Å²) >= 11 is -2.37. The van der Waals surface area contributed by atoms with E-state index in [0.29, 0.717) is 25.1 Å². The number of piperidine rings is 1. The molecule has 1 rings (SSSR count). The van der Waals surface area contributed by atoms with Crippen molar-refractivity contribution in [3.63, 3.8) is 0 Å². The Hall–Kier alpha value is -1.40. The fourth-order valence-corrected chi connectivity index (χ4v) is 3.40. The van der Waals surface area contributed by atoms with Crippen molar-refractivity contribution in [2.75, 3.05) is 6.54 Å². The molecule has 1 aliphatic rings. The van der Waals surface area contributed by atoms with Crippen molar-refractivity contribution < 1.29 is 18.7 Å². The normalized spacial score (nSPS) is 25.1. The summed E-state index contributed by atoms with van der Waals surface area (Å²) in [5.74, 6) is -0.910. The van der Waals surface area contributed by atoms with Crippen LogP contribution in [0.4, 0.5) is 0 Å². The van der Waals surface area contributed by atoms with Crippen LogP contribution in [0.25, 0.3) is 0 Å². The molecule has 1 N–H and O–H groups in total. The molecule has 0 aliphatic carbocycles. The number of rotatable bonds is 5. The van der Waals surface area contributed by atoms with Crippen LogP contribution >= 0.6 is 0 Å². The Kier molecular flexibility index (Phi) is 5.92. The number of carboxylic acid groups (broad SMARTS) is 1. The van der Waals surface area contributed by atoms with E-state index >= 15 is 0 Å². The molecule has 1 fully saturated rings. The van der Waals surface area contributed by atoms with Crippen LogP contribution in [0.15, 0.2) is 36.1 Å². The fourth-order valence-electron chi connectivity index (χ4n) is 2.69. The first kappa shape index (κ1) is 17.7. The van der Waals surface area contributed by atoms with Crippen molar-refractivity contribution in [2.45, 2.75) is 33.6 Å². The second-order valence-electron chi connectivity index (χ2n) is 5.84. The molecule has 0 aromatic carbocycles. The van der Waals surface area contributed by atoms with E-state index in [2.05, 4.69) is 6.58 Å². The van der Waals surface area contributed by atoms with Gasteiger partial charge in [-0.1, -0.05) is 24.8 Å². The van der Waals surface area contributed by atoms with Gasteiger partial charge in [-0.3, -0.25) is 9.00 Å². The maximum Gasteiger partial charge on any atom is 0.309 e. The van der Waals surface area contributed by atoms with E-state index < -0.39 is 22.7 Å². The number of carbonyl (C=O) groups is 1. The second-order valence-corrected chi connectivity index (χ2v) is 6.72. The second kappa shape index (κ2) is 7.04. The molecule has 2 atom stereocenters. The summed E-state index contributed by atoms with van der Waals surface area (Å²) in [7, 11) is 0. The standard InChI is InChI=1S/C15H23NO4S/c1-5-7-12-8-11(9-15(3,4)14(17)18)10-16(21(19)20)13(12)6-2/h5-7,11H,1,8-10H2,2-4H3,(H,17,18)(H,19,20)/p-1/b12-7-,13-6+/t11-/m0/s1. The molecule has 1 heterocycles. The molecule has 0 spiro atoms. The Balaban J connectivity index is 3.06. The van der Waals surface area contributed by atoms with Crippen molar-refractivity contribution in [3.8, 4) is 0 Å². The van der Waals surface area contributed by atoms with E-state index in [-0.39, 0.29) is 5.92 Å². The van der Waals surface area contributed by atoms with Crippen LogP contribution in [0.1, 0.15) is 33.6 Å². The van der Waals surface area contributed by atoms with Crippen molar-refractivity contribution >= 4 is 17.2 Å². The van der Waals surface area contributed by atoms with Crippen molar-refractivity contribution in [1.82, 2.24) is 4.31 Å². The zero-order valence-corrected chi connectivity index (χ0v) is 13.5. The first-order valence-electron chi connectivity index (χ1n) is 6.81. The molecule has 21 heavy (non-hydrogen) atoms. The van der Waals surface area contributed by atoms with E-state index in [0.717, 1.165) is 5.57 Å². The van der Waals surface area contributed by atoms with Gasteiger partial charge in [-0.2, -0.15) is 0 Å². The van der Waals surface area contributed by atoms with Crippen LogP contribution in [-0.4, -0.2) is 30.7 Å². The van der Waals surface area contributed by atoms with Crippen molar-refractivity contribution in [1.29, 1.82) is 0 Å². The summed E-state index contributed by atoms with van der Waals surface area (Å²) in [6.07, 6.45) is 6.23. The summed E-state index contributed by atoms with van der Waals surface area (Å²) in [4.78, 5) is 11.3. The Morgan fingerprint density at radius 1 is 1.62 bits per heavy atom. The average molecular weight is 312 g/mol. The molecule has 0 aromatic rings. The van der Waals surface area contributed by atoms with Crippen LogP contribution in [0, 0.1) is 11.3 Å². The Morgan fingerprint density at radius 3 is 2.67 bits per heavy atom. The summed E-state index contributed by atoms with van der Waals surface area (Å²) in [6.45, 7) is 9.07. The lowest BCUT2D eigenvalue weighted by atomic mass is 9.78. The van der Waals surface area contributed by atoms with Crippen LogP contribution in [0.2, 0.25) is 0 Å². The van der Waals surface area contributed by atoms with Crippen LogP contribution < -0.4 is 0 Å². The van der Waals surface area contributed by atoms with Crippen LogP contribution in [0.5, 0.6) is 0 Å². The van der Waals surface area contributed by atoms with Crippen LogP contribution in [-0.2, 0) is 16.1 Å². The van der Waals surface area contributed by atoms with Crippen molar-refractivity contribution in [2.24, 2.45) is 11.3 Å². The Labute approximate surface area is 128 Å². The number of hydrogen-bond donors (Lipinski definition) is 1. The molecule has 0 bridgehead atoms. The van der Waals surface area contributed by atoms with E-state index in [1.54, 1.807) is 39.0 Å². The lowest BCUT2D eigenvalue weighted by Crippen LogP contribution is -2.39. The number of allylic oxidation sites excluding steroid dienone is 4. The first-order chi connectivity index (χ1) is 9.72. The number of hydrogen-bond acceptors (Lipinski definition) is 3. The summed E-state index contributed by atoms with van der Waals surface area (Å²) in [5, 5.41) is 9.24. The minimum atomic E-state index is -2.37. The zero-order valence-electron chi connectivity index (χ0n) is 12.7. The third kappa shape index (κ3) is 4.28. The van der Waals surface area contributed by atoms with Gasteiger partial charge in [0.25, 0.3) is 0 Å². The topological polar surface area (TPSA) is 80.7 Å². The Bertz CT molecular complexity index is 508. The first-order valence-corrected chi connectivity index (χ1v) is 7.84. The van der Waals surface area contributed by atoms with Crippen LogP contribution in [0.3, 0.4) is 0 Å². The number of aliphatic carboxylic acids is 1. The minimum absolute atomic E-state index is 0.0381. The SMILES string of the molecule is C=C/C=C1/C[C@@H](CC(C)(C)C(=O)O)CN(S(=O)[O-])/C1=C/C. The molecular weight excluding hydrogens is 290 g/mol. The van der Waals surface area contributed by atoms with Gasteiger partial charge in [-0.15, -0.1) is 0 Å². The molecular formula is C15H22NO4S-. The highest BCUT2D eigenvalue weighted by Crippen LogP contribution is 2.37. The summed E-state index contributed by atoms with van der Waals surface area (Å²) < 4.78 is 24.2. The molecule has 0 amide bonds. The van der Waals surface area contributed by atoms with Gasteiger partial charge in [0, 0.05) is 23.5 Å². The Morgan fingerprint density at radius 2 is 2.24 bits per heavy atom. The third-order valence-corrected chi connectivity index (χ3v) is 4.39. The molecule has 118 valence electrons. The quantitative estimate of drug-likeness (QED) is 0.791. The number of carboxylic acids is 1. The molecule has 6 heteroatoms. The van der Waals surface area contributed by atoms with Gasteiger partial charge < -0.3 is 14.0 Å². The van der Waals surface area contributed by atoms with Gasteiger partial charge >= 0.3 is 5.97 Å². The van der Waals surface area contributed by atoms with E-state index in [1.165, 1.54) is 4.31 Å². The zero-order chi connectivity index (χ0) is 16.2. The van der Waals surface area contributed by atoms with Crippen molar-refractivity contribution in [3.05, 3.63) is 36.1 Å². The maximum atomic E-state index is 11.4. The summed E-state index contributed by atoms with van der Waals surface area (Å²) in [5.41, 5.74) is 0.634. The predicted molar refractivity (Wildman–Crippen MR) is 81.8 cm³/mol. The predicted octanol–water partition coefficient (Wildman–Crippen LogP) is 2.62. The van der Waals surface area contributed by atoms with Gasteiger partial charge in [-0.05, 0) is 45.1 Å². The highest BCUT2D eigenvalue weighted by atomic mass is 32.2. The highest BCUT2D eigenvalue weighted by molar-refractivity contribution is 7.76. The number of nitrogens with zero attached hydrogens (tertiary/aromatic N) is 1. The van der Waals surface area contributed by atoms with Gasteiger partial charge in [0.1, 0.15) is 0 Å². The molecule has 0 saturated carbocycles. The monoisotopic (exact) mass is 312 g/mol. The lowest BCUT2D eigenvalue weighted by molar-refractivity contribution is -0.148. The van der Waals surface area contributed by atoms with E-state index in [1.807, 2.05) is 0 Å². The third-order valence-electron chi connectivity index (χ3n) is 3.68. The minimum Gasteiger partial charge on any atom is -0.755 e. The van der Waals surface area contributed by atoms with E-state index in [4.69, 9.17) is 0 Å². The highest BCUT2D eigenvalue weighted by Gasteiger charge is 2.35. The fraction of sp³-hybridized carbons (Fsp3) is 0.533. The summed E-state index contributed by atoms with van der Waals surface area (Å²) in [6, 6.07) is 0. The van der Waals surface area contributed by atoms with Gasteiger partial charge in [0.05, 0.1) is 5.41 Å². The molecule has 1 aliphatic heterocycles. The molecule has 0 aromatic heterocycles. The molecule has 5 nitrogen and oxygen atoms in total. The largest absolute Gasteiger partial charge is 0.755 e. The lowest BCUT2D eigenvalue weighted by Gasteiger charge is -2.40. The maximum absolute atomic E-state index is 11.4. The molecule has 1 saturated heterocycles. The van der Waals surface area contributed by atoms with Gasteiger partial charge in [0.15, 0.2) is 0 Å². The smallest absolute Gasteiger partial charge is 0.309 e. The molecule has 1 unspecified atom stereocenters. The van der Waals surface area contributed by atoms with E-state index in [9.17, 15) is 18.7 Å². The van der Waals surface area contributed by atoms with Gasteiger partial charge in [-0.25, -0.2) is 0 Å².